The van der Waals surface area contributed by atoms with Crippen molar-refractivity contribution < 1.29 is 5.11 Å². The average molecular weight is 306 g/mol. The SMILES string of the molecule is CCCC=C1CCC2c3ccc4cc(O)ccc4c3CC[C@]12C. The molecule has 0 aromatic heterocycles. The van der Waals surface area contributed by atoms with E-state index in [0.29, 0.717) is 17.1 Å². The second-order valence-corrected chi connectivity index (χ2v) is 7.57. The molecule has 0 aliphatic heterocycles. The summed E-state index contributed by atoms with van der Waals surface area (Å²) in [4.78, 5) is 0. The second-order valence-electron chi connectivity index (χ2n) is 7.57. The van der Waals surface area contributed by atoms with E-state index < -0.39 is 0 Å². The van der Waals surface area contributed by atoms with Gasteiger partial charge in [0.25, 0.3) is 0 Å². The lowest BCUT2D eigenvalue weighted by molar-refractivity contribution is 0.306. The van der Waals surface area contributed by atoms with E-state index in [9.17, 15) is 5.11 Å². The number of hydrogen-bond donors (Lipinski definition) is 1. The van der Waals surface area contributed by atoms with Crippen LogP contribution in [0.1, 0.15) is 63.0 Å². The van der Waals surface area contributed by atoms with Gasteiger partial charge in [-0.25, -0.2) is 0 Å². The third-order valence-corrected chi connectivity index (χ3v) is 6.31. The molecule has 1 unspecified atom stereocenters. The van der Waals surface area contributed by atoms with Gasteiger partial charge in [-0.15, -0.1) is 0 Å². The number of aryl methyl sites for hydroxylation is 1. The Morgan fingerprint density at radius 3 is 2.91 bits per heavy atom. The maximum Gasteiger partial charge on any atom is 0.116 e. The van der Waals surface area contributed by atoms with Gasteiger partial charge in [0.15, 0.2) is 0 Å². The van der Waals surface area contributed by atoms with E-state index in [2.05, 4.69) is 38.1 Å². The first kappa shape index (κ1) is 14.8. The van der Waals surface area contributed by atoms with Crippen molar-refractivity contribution in [2.24, 2.45) is 5.41 Å². The van der Waals surface area contributed by atoms with E-state index in [1.807, 2.05) is 12.1 Å². The Morgan fingerprint density at radius 2 is 2.09 bits per heavy atom. The Labute approximate surface area is 139 Å². The van der Waals surface area contributed by atoms with Crippen LogP contribution in [-0.2, 0) is 6.42 Å². The fraction of sp³-hybridized carbons (Fsp3) is 0.455. The fourth-order valence-electron chi connectivity index (χ4n) is 5.00. The van der Waals surface area contributed by atoms with Crippen LogP contribution in [0, 0.1) is 5.41 Å². The van der Waals surface area contributed by atoms with Gasteiger partial charge in [0.2, 0.25) is 0 Å². The molecular formula is C22H26O. The third-order valence-electron chi connectivity index (χ3n) is 6.31. The van der Waals surface area contributed by atoms with E-state index in [4.69, 9.17) is 0 Å². The van der Waals surface area contributed by atoms with E-state index in [-0.39, 0.29) is 0 Å². The molecule has 2 aliphatic rings. The molecule has 0 heterocycles. The van der Waals surface area contributed by atoms with Crippen molar-refractivity contribution in [1.29, 1.82) is 0 Å². The zero-order chi connectivity index (χ0) is 16.0. The number of aromatic hydroxyl groups is 1. The molecule has 1 saturated carbocycles. The molecule has 1 N–H and O–H groups in total. The minimum absolute atomic E-state index is 0.365. The molecule has 2 aromatic rings. The Kier molecular flexibility index (Phi) is 3.48. The van der Waals surface area contributed by atoms with Crippen molar-refractivity contribution in [3.8, 4) is 5.75 Å². The smallest absolute Gasteiger partial charge is 0.116 e. The summed E-state index contributed by atoms with van der Waals surface area (Å²) >= 11 is 0. The minimum Gasteiger partial charge on any atom is -0.508 e. The molecule has 120 valence electrons. The molecule has 2 aromatic carbocycles. The Hall–Kier alpha value is -1.76. The van der Waals surface area contributed by atoms with Crippen LogP contribution in [0.5, 0.6) is 5.75 Å². The van der Waals surface area contributed by atoms with Gasteiger partial charge in [-0.1, -0.05) is 50.1 Å². The molecule has 1 nitrogen and oxygen atoms in total. The molecule has 4 rings (SSSR count). The van der Waals surface area contributed by atoms with Crippen molar-refractivity contribution in [2.45, 2.75) is 58.3 Å². The lowest BCUT2D eigenvalue weighted by Crippen LogP contribution is -2.28. The Morgan fingerprint density at radius 1 is 1.22 bits per heavy atom. The van der Waals surface area contributed by atoms with Gasteiger partial charge < -0.3 is 5.11 Å². The summed E-state index contributed by atoms with van der Waals surface area (Å²) in [6.45, 7) is 4.76. The predicted octanol–water partition coefficient (Wildman–Crippen LogP) is 6.10. The molecular weight excluding hydrogens is 280 g/mol. The number of fused-ring (bicyclic) bond motifs is 5. The standard InChI is InChI=1S/C22H26O/c1-3-4-5-16-7-11-21-20-9-6-15-14-17(23)8-10-18(15)19(20)12-13-22(16,21)2/h5-6,8-10,14,21,23H,3-4,7,11-13H2,1-2H3/t21?,22-/m1/s1. The molecule has 0 bridgehead atoms. The van der Waals surface area contributed by atoms with Gasteiger partial charge in [-0.05, 0) is 77.5 Å². The maximum atomic E-state index is 9.74. The van der Waals surface area contributed by atoms with Gasteiger partial charge in [0, 0.05) is 0 Å². The van der Waals surface area contributed by atoms with E-state index in [1.54, 1.807) is 11.1 Å². The van der Waals surface area contributed by atoms with Crippen LogP contribution in [0.25, 0.3) is 10.8 Å². The number of rotatable bonds is 2. The van der Waals surface area contributed by atoms with E-state index >= 15 is 0 Å². The van der Waals surface area contributed by atoms with Crippen LogP contribution in [0.3, 0.4) is 0 Å². The van der Waals surface area contributed by atoms with Crippen molar-refractivity contribution in [2.75, 3.05) is 0 Å². The van der Waals surface area contributed by atoms with Crippen molar-refractivity contribution in [3.63, 3.8) is 0 Å². The van der Waals surface area contributed by atoms with Crippen LogP contribution in [-0.4, -0.2) is 5.11 Å². The van der Waals surface area contributed by atoms with Crippen LogP contribution in [0.2, 0.25) is 0 Å². The van der Waals surface area contributed by atoms with E-state index in [1.165, 1.54) is 48.4 Å². The number of phenols is 1. The number of hydrogen-bond acceptors (Lipinski definition) is 1. The Bertz CT molecular complexity index is 786. The van der Waals surface area contributed by atoms with Crippen molar-refractivity contribution in [1.82, 2.24) is 0 Å². The predicted molar refractivity (Wildman–Crippen MR) is 97.0 cm³/mol. The molecule has 2 atom stereocenters. The quantitative estimate of drug-likeness (QED) is 0.664. The minimum atomic E-state index is 0.365. The highest BCUT2D eigenvalue weighted by Gasteiger charge is 2.46. The summed E-state index contributed by atoms with van der Waals surface area (Å²) in [5.74, 6) is 1.04. The first-order valence-electron chi connectivity index (χ1n) is 9.07. The lowest BCUT2D eigenvalue weighted by Gasteiger charge is -2.39. The fourth-order valence-corrected chi connectivity index (χ4v) is 5.00. The van der Waals surface area contributed by atoms with Crippen LogP contribution >= 0.6 is 0 Å². The first-order chi connectivity index (χ1) is 11.1. The molecule has 1 fully saturated rings. The zero-order valence-corrected chi connectivity index (χ0v) is 14.2. The number of unbranched alkanes of at least 4 members (excludes halogenated alkanes) is 1. The van der Waals surface area contributed by atoms with Gasteiger partial charge in [-0.3, -0.25) is 0 Å². The molecule has 23 heavy (non-hydrogen) atoms. The summed E-state index contributed by atoms with van der Waals surface area (Å²) < 4.78 is 0. The molecule has 0 amide bonds. The summed E-state index contributed by atoms with van der Waals surface area (Å²) in [6, 6.07) is 10.4. The van der Waals surface area contributed by atoms with Crippen molar-refractivity contribution in [3.05, 3.63) is 53.1 Å². The summed E-state index contributed by atoms with van der Waals surface area (Å²) in [7, 11) is 0. The monoisotopic (exact) mass is 306 g/mol. The molecule has 0 radical (unpaired) electrons. The molecule has 2 aliphatic carbocycles. The summed E-state index contributed by atoms with van der Waals surface area (Å²) in [6.07, 6.45) is 9.99. The number of benzene rings is 2. The highest BCUT2D eigenvalue weighted by Crippen LogP contribution is 2.59. The summed E-state index contributed by atoms with van der Waals surface area (Å²) in [5, 5.41) is 12.2. The normalized spacial score (nSPS) is 28.1. The van der Waals surface area contributed by atoms with Crippen LogP contribution < -0.4 is 0 Å². The molecule has 0 spiro atoms. The number of phenolic OH excluding ortho intramolecular Hbond substituents is 1. The zero-order valence-electron chi connectivity index (χ0n) is 14.2. The van der Waals surface area contributed by atoms with Gasteiger partial charge >= 0.3 is 0 Å². The first-order valence-corrected chi connectivity index (χ1v) is 9.07. The average Bonchev–Trinajstić information content (AvgIpc) is 2.89. The Balaban J connectivity index is 1.81. The highest BCUT2D eigenvalue weighted by molar-refractivity contribution is 5.88. The third kappa shape index (κ3) is 2.21. The summed E-state index contributed by atoms with van der Waals surface area (Å²) in [5.41, 5.74) is 5.17. The van der Waals surface area contributed by atoms with Gasteiger partial charge in [0.1, 0.15) is 5.75 Å². The highest BCUT2D eigenvalue weighted by atomic mass is 16.3. The van der Waals surface area contributed by atoms with Crippen molar-refractivity contribution >= 4 is 10.8 Å². The maximum absolute atomic E-state index is 9.74. The molecule has 1 heteroatoms. The van der Waals surface area contributed by atoms with Gasteiger partial charge in [0.05, 0.1) is 0 Å². The largest absolute Gasteiger partial charge is 0.508 e. The van der Waals surface area contributed by atoms with E-state index in [0.717, 1.165) is 6.42 Å². The number of allylic oxidation sites excluding steroid dienone is 2. The molecule has 0 saturated heterocycles. The lowest BCUT2D eigenvalue weighted by atomic mass is 9.64. The van der Waals surface area contributed by atoms with Crippen LogP contribution in [0.15, 0.2) is 42.0 Å². The van der Waals surface area contributed by atoms with Gasteiger partial charge in [-0.2, -0.15) is 0 Å². The second kappa shape index (κ2) is 5.40. The topological polar surface area (TPSA) is 20.2 Å². The van der Waals surface area contributed by atoms with Crippen LogP contribution in [0.4, 0.5) is 0 Å².